The highest BCUT2D eigenvalue weighted by atomic mass is 19.1. The first-order chi connectivity index (χ1) is 18.3. The van der Waals surface area contributed by atoms with Gasteiger partial charge in [0.15, 0.2) is 0 Å². The number of ether oxygens (including phenoxy) is 1. The molecule has 0 unspecified atom stereocenters. The Bertz CT molecular complexity index is 1340. The number of nitrogens with zero attached hydrogens (tertiary/aromatic N) is 2. The van der Waals surface area contributed by atoms with Crippen molar-refractivity contribution in [1.29, 1.82) is 0 Å². The van der Waals surface area contributed by atoms with Crippen LogP contribution in [0.2, 0.25) is 0 Å². The lowest BCUT2D eigenvalue weighted by Gasteiger charge is -2.31. The van der Waals surface area contributed by atoms with E-state index in [4.69, 9.17) is 4.74 Å². The molecule has 0 fully saturated rings. The smallest absolute Gasteiger partial charge is 0.307 e. The van der Waals surface area contributed by atoms with Crippen molar-refractivity contribution in [2.75, 3.05) is 13.2 Å². The first kappa shape index (κ1) is 25.8. The van der Waals surface area contributed by atoms with Crippen molar-refractivity contribution in [2.45, 2.75) is 51.5 Å². The molecule has 3 aromatic rings. The quantitative estimate of drug-likeness (QED) is 0.482. The molecule has 2 aromatic carbocycles. The zero-order valence-electron chi connectivity index (χ0n) is 21.3. The fourth-order valence-electron chi connectivity index (χ4n) is 5.43. The van der Waals surface area contributed by atoms with Crippen molar-refractivity contribution in [3.05, 3.63) is 93.7 Å². The highest BCUT2D eigenvalue weighted by Crippen LogP contribution is 2.35. The lowest BCUT2D eigenvalue weighted by molar-refractivity contribution is -0.141. The Morgan fingerprint density at radius 2 is 1.79 bits per heavy atom. The van der Waals surface area contributed by atoms with Crippen LogP contribution in [-0.2, 0) is 24.2 Å². The number of aliphatic carboxylic acids is 1. The maximum atomic E-state index is 15.0. The third-order valence-electron chi connectivity index (χ3n) is 7.57. The second kappa shape index (κ2) is 10.9. The molecule has 38 heavy (non-hydrogen) atoms. The molecule has 6 heterocycles. The summed E-state index contributed by atoms with van der Waals surface area (Å²) in [5.74, 6) is -4.08. The van der Waals surface area contributed by atoms with Gasteiger partial charge in [-0.05, 0) is 72.1 Å². The highest BCUT2D eigenvalue weighted by Gasteiger charge is 2.30. The molecule has 0 radical (unpaired) electrons. The summed E-state index contributed by atoms with van der Waals surface area (Å²) < 4.78 is 35.7. The van der Waals surface area contributed by atoms with Crippen molar-refractivity contribution < 1.29 is 28.2 Å². The molecule has 7 bridgehead atoms. The number of amides is 1. The molecule has 1 N–H and O–H groups in total. The topological polar surface area (TPSA) is 79.7 Å². The first-order valence-corrected chi connectivity index (χ1v) is 13.0. The van der Waals surface area contributed by atoms with Crippen LogP contribution < -0.4 is 4.74 Å². The largest absolute Gasteiger partial charge is 0.481 e. The van der Waals surface area contributed by atoms with Crippen LogP contribution in [0, 0.1) is 17.6 Å². The molecule has 2 atom stereocenters. The van der Waals surface area contributed by atoms with Gasteiger partial charge in [0, 0.05) is 31.3 Å². The van der Waals surface area contributed by atoms with Crippen LogP contribution in [-0.4, -0.2) is 40.0 Å². The van der Waals surface area contributed by atoms with Gasteiger partial charge in [-0.2, -0.15) is 0 Å². The van der Waals surface area contributed by atoms with Gasteiger partial charge >= 0.3 is 5.97 Å². The molecule has 198 valence electrons. The van der Waals surface area contributed by atoms with Crippen LogP contribution in [0.3, 0.4) is 0 Å². The number of pyridine rings is 1. The average molecular weight is 521 g/mol. The molecule has 1 amide bonds. The fraction of sp³-hybridized carbons (Fsp3) is 0.367. The van der Waals surface area contributed by atoms with E-state index in [1.807, 2.05) is 24.3 Å². The van der Waals surface area contributed by atoms with Crippen molar-refractivity contribution in [2.24, 2.45) is 5.92 Å². The second-order valence-corrected chi connectivity index (χ2v) is 10.1. The predicted octanol–water partition coefficient (Wildman–Crippen LogP) is 5.52. The number of hydrogen-bond acceptors (Lipinski definition) is 4. The molecule has 0 saturated heterocycles. The van der Waals surface area contributed by atoms with Crippen LogP contribution in [0.5, 0.6) is 5.88 Å². The lowest BCUT2D eigenvalue weighted by atomic mass is 9.80. The zero-order chi connectivity index (χ0) is 26.8. The Kier molecular flexibility index (Phi) is 7.40. The normalized spacial score (nSPS) is 18.7. The van der Waals surface area contributed by atoms with E-state index >= 15 is 0 Å². The van der Waals surface area contributed by atoms with Gasteiger partial charge in [-0.1, -0.05) is 31.2 Å². The van der Waals surface area contributed by atoms with E-state index in [9.17, 15) is 23.5 Å². The maximum absolute atomic E-state index is 15.0. The Morgan fingerprint density at radius 3 is 2.50 bits per heavy atom. The first-order valence-electron chi connectivity index (χ1n) is 13.0. The summed E-state index contributed by atoms with van der Waals surface area (Å²) in [4.78, 5) is 31.2. The Labute approximate surface area is 220 Å². The van der Waals surface area contributed by atoms with Gasteiger partial charge in [0.25, 0.3) is 5.91 Å². The number of hydrogen-bond donors (Lipinski definition) is 1. The van der Waals surface area contributed by atoms with Crippen molar-refractivity contribution in [1.82, 2.24) is 9.88 Å². The molecule has 6 nitrogen and oxygen atoms in total. The number of aryl methyl sites for hydroxylation is 1. The number of carboxylic acid groups (broad SMARTS) is 1. The molecule has 1 aromatic heterocycles. The van der Waals surface area contributed by atoms with Crippen LogP contribution in [0.4, 0.5) is 8.78 Å². The van der Waals surface area contributed by atoms with E-state index < -0.39 is 40.9 Å². The number of carboxylic acids is 1. The van der Waals surface area contributed by atoms with Crippen LogP contribution in [0.1, 0.15) is 70.3 Å². The number of halogens is 2. The highest BCUT2D eigenvalue weighted by molar-refractivity contribution is 5.95. The van der Waals surface area contributed by atoms with Gasteiger partial charge in [0.2, 0.25) is 5.88 Å². The van der Waals surface area contributed by atoms with Gasteiger partial charge in [0.1, 0.15) is 17.2 Å². The lowest BCUT2D eigenvalue weighted by Crippen LogP contribution is -2.37. The van der Waals surface area contributed by atoms with E-state index in [2.05, 4.69) is 4.98 Å². The third kappa shape index (κ3) is 5.26. The number of aromatic nitrogens is 1. The van der Waals surface area contributed by atoms with Gasteiger partial charge < -0.3 is 14.7 Å². The summed E-state index contributed by atoms with van der Waals surface area (Å²) in [6.45, 7) is 2.62. The number of carbonyl (C=O) groups is 2. The molecule has 0 spiro atoms. The number of rotatable bonds is 2. The van der Waals surface area contributed by atoms with Crippen LogP contribution in [0.25, 0.3) is 0 Å². The zero-order valence-corrected chi connectivity index (χ0v) is 21.3. The Morgan fingerprint density at radius 1 is 1.03 bits per heavy atom. The molecule has 0 aliphatic carbocycles. The van der Waals surface area contributed by atoms with E-state index in [1.54, 1.807) is 19.2 Å². The van der Waals surface area contributed by atoms with Crippen molar-refractivity contribution in [3.8, 4) is 5.88 Å². The Balaban J connectivity index is 1.55. The monoisotopic (exact) mass is 520 g/mol. The molecule has 5 aliphatic rings. The minimum absolute atomic E-state index is 0.182. The summed E-state index contributed by atoms with van der Waals surface area (Å²) >= 11 is 0. The van der Waals surface area contributed by atoms with Crippen molar-refractivity contribution in [3.63, 3.8) is 0 Å². The predicted molar refractivity (Wildman–Crippen MR) is 137 cm³/mol. The maximum Gasteiger partial charge on any atom is 0.307 e. The minimum Gasteiger partial charge on any atom is -0.481 e. The second-order valence-electron chi connectivity index (χ2n) is 10.1. The summed E-state index contributed by atoms with van der Waals surface area (Å²) in [6, 6.07) is 11.9. The van der Waals surface area contributed by atoms with Gasteiger partial charge in [0.05, 0.1) is 12.5 Å². The molecule has 8 rings (SSSR count). The Hall–Kier alpha value is -3.81. The molecular weight excluding hydrogens is 490 g/mol. The summed E-state index contributed by atoms with van der Waals surface area (Å²) in [5, 5.41) is 9.86. The summed E-state index contributed by atoms with van der Waals surface area (Å²) in [7, 11) is 0. The molecule has 8 heteroatoms. The van der Waals surface area contributed by atoms with Gasteiger partial charge in [-0.15, -0.1) is 0 Å². The van der Waals surface area contributed by atoms with Crippen LogP contribution in [0.15, 0.2) is 48.7 Å². The van der Waals surface area contributed by atoms with E-state index in [0.29, 0.717) is 37.4 Å². The minimum atomic E-state index is -0.940. The average Bonchev–Trinajstić information content (AvgIpc) is 2.90. The van der Waals surface area contributed by atoms with Gasteiger partial charge in [-0.25, -0.2) is 13.8 Å². The molecule has 0 saturated carbocycles. The summed E-state index contributed by atoms with van der Waals surface area (Å²) in [5.41, 5.74) is 3.36. The van der Waals surface area contributed by atoms with E-state index in [1.165, 1.54) is 17.0 Å². The van der Waals surface area contributed by atoms with E-state index in [0.717, 1.165) is 41.5 Å². The molecule has 5 aliphatic heterocycles. The third-order valence-corrected chi connectivity index (χ3v) is 7.57. The number of benzene rings is 2. The van der Waals surface area contributed by atoms with Crippen LogP contribution >= 0.6 is 0 Å². The summed E-state index contributed by atoms with van der Waals surface area (Å²) in [6.07, 6.45) is 4.96. The van der Waals surface area contributed by atoms with Crippen molar-refractivity contribution >= 4 is 11.9 Å². The SMILES string of the molecule is C[C@H](C(=O)O)[C@@H]1c2ccc(nc2)OCCCCCc2cc(F)c(c(F)c2)C(=O)N2CCc3ccc1cc3C2. The fourth-order valence-corrected chi connectivity index (χ4v) is 5.43. The van der Waals surface area contributed by atoms with E-state index in [-0.39, 0.29) is 6.54 Å². The molecular formula is C30H30F2N2O4. The number of carbonyl (C=O) groups excluding carboxylic acids is 1. The standard InChI is InChI=1S/C30H30F2N2O4/c1-18(30(36)37)27-21-7-6-20-10-11-34(17-23(20)15-21)29(35)28-24(31)13-19(14-25(28)32)5-3-2-4-12-38-26-9-8-22(27)16-33-26/h6-9,13-16,18,27H,2-5,10-12,17H2,1H3,(H,36,37)/t18-,27-/m0/s1. The van der Waals surface area contributed by atoms with Gasteiger partial charge in [-0.3, -0.25) is 9.59 Å².